The van der Waals surface area contributed by atoms with E-state index in [1.54, 1.807) is 6.92 Å². The molecule has 8 heteroatoms. The fourth-order valence-electron chi connectivity index (χ4n) is 2.10. The number of rotatable bonds is 3. The summed E-state index contributed by atoms with van der Waals surface area (Å²) in [6, 6.07) is 1.35. The van der Waals surface area contributed by atoms with Crippen molar-refractivity contribution in [2.75, 3.05) is 7.05 Å². The zero-order chi connectivity index (χ0) is 15.0. The van der Waals surface area contributed by atoms with Gasteiger partial charge in [-0.05, 0) is 19.9 Å². The van der Waals surface area contributed by atoms with Gasteiger partial charge in [0.2, 0.25) is 0 Å². The summed E-state index contributed by atoms with van der Waals surface area (Å²) in [5, 5.41) is 13.2. The Hall–Kier alpha value is -2.64. The van der Waals surface area contributed by atoms with Gasteiger partial charge in [-0.25, -0.2) is 4.79 Å². The van der Waals surface area contributed by atoms with Crippen LogP contribution >= 0.6 is 0 Å². The molecule has 1 aromatic heterocycles. The van der Waals surface area contributed by atoms with E-state index in [9.17, 15) is 19.7 Å². The average molecular weight is 279 g/mol. The van der Waals surface area contributed by atoms with Crippen molar-refractivity contribution < 1.29 is 18.9 Å². The third-order valence-corrected chi connectivity index (χ3v) is 3.21. The molecule has 1 atom stereocenters. The van der Waals surface area contributed by atoms with E-state index in [4.69, 9.17) is 4.42 Å². The number of Topliss-reactive ketones (excluding diaryl/α,β-unsaturated/α-hetero) is 1. The van der Waals surface area contributed by atoms with E-state index >= 15 is 0 Å². The minimum atomic E-state index is -0.815. The zero-order valence-electron chi connectivity index (χ0n) is 11.2. The molecule has 1 N–H and O–H groups in total. The van der Waals surface area contributed by atoms with Gasteiger partial charge in [0.25, 0.3) is 0 Å². The lowest BCUT2D eigenvalue weighted by atomic mass is 9.97. The maximum atomic E-state index is 11.8. The first-order chi connectivity index (χ1) is 9.32. The van der Waals surface area contributed by atoms with E-state index in [0.29, 0.717) is 11.3 Å². The third-order valence-electron chi connectivity index (χ3n) is 3.21. The van der Waals surface area contributed by atoms with E-state index in [1.165, 1.54) is 31.0 Å². The van der Waals surface area contributed by atoms with Gasteiger partial charge in [0, 0.05) is 18.3 Å². The molecule has 0 radical (unpaired) electrons. The molecule has 0 saturated carbocycles. The number of urea groups is 1. The van der Waals surface area contributed by atoms with Crippen molar-refractivity contribution in [3.05, 3.63) is 39.3 Å². The Morgan fingerprint density at radius 2 is 2.15 bits per heavy atom. The molecule has 2 rings (SSSR count). The van der Waals surface area contributed by atoms with Crippen molar-refractivity contribution in [1.82, 2.24) is 10.2 Å². The summed E-state index contributed by atoms with van der Waals surface area (Å²) in [4.78, 5) is 34.8. The van der Waals surface area contributed by atoms with Crippen molar-refractivity contribution in [2.45, 2.75) is 19.9 Å². The van der Waals surface area contributed by atoms with Crippen LogP contribution < -0.4 is 5.32 Å². The Bertz CT molecular complexity index is 631. The van der Waals surface area contributed by atoms with E-state index in [-0.39, 0.29) is 11.5 Å². The number of hydrogen-bond donors (Lipinski definition) is 1. The van der Waals surface area contributed by atoms with Gasteiger partial charge >= 0.3 is 11.9 Å². The molecular weight excluding hydrogens is 266 g/mol. The molecule has 0 unspecified atom stereocenters. The molecule has 0 aromatic carbocycles. The van der Waals surface area contributed by atoms with Crippen molar-refractivity contribution >= 4 is 17.7 Å². The maximum absolute atomic E-state index is 11.8. The quantitative estimate of drug-likeness (QED) is 0.670. The minimum absolute atomic E-state index is 0.155. The van der Waals surface area contributed by atoms with E-state index in [0.717, 1.165) is 0 Å². The Morgan fingerprint density at radius 1 is 1.50 bits per heavy atom. The predicted molar refractivity (Wildman–Crippen MR) is 67.8 cm³/mol. The summed E-state index contributed by atoms with van der Waals surface area (Å²) < 4.78 is 5.08. The van der Waals surface area contributed by atoms with E-state index < -0.39 is 22.9 Å². The van der Waals surface area contributed by atoms with Gasteiger partial charge in [0.1, 0.15) is 16.7 Å². The van der Waals surface area contributed by atoms with Crippen LogP contribution in [0.5, 0.6) is 0 Å². The van der Waals surface area contributed by atoms with Crippen molar-refractivity contribution in [1.29, 1.82) is 0 Å². The number of nitro groups is 1. The molecule has 0 aliphatic carbocycles. The van der Waals surface area contributed by atoms with Crippen LogP contribution in [0, 0.1) is 10.1 Å². The predicted octanol–water partition coefficient (Wildman–Crippen LogP) is 1.75. The van der Waals surface area contributed by atoms with E-state index in [2.05, 4.69) is 5.32 Å². The lowest BCUT2D eigenvalue weighted by Crippen LogP contribution is -2.45. The maximum Gasteiger partial charge on any atom is 0.433 e. The number of ketones is 1. The second-order valence-electron chi connectivity index (χ2n) is 4.43. The summed E-state index contributed by atoms with van der Waals surface area (Å²) in [6.07, 6.45) is 0. The summed E-state index contributed by atoms with van der Waals surface area (Å²) in [6.45, 7) is 3.01. The Balaban J connectivity index is 2.50. The molecule has 1 aromatic rings. The normalized spacial score (nSPS) is 19.1. The molecule has 106 valence electrons. The van der Waals surface area contributed by atoms with Crippen molar-refractivity contribution in [3.8, 4) is 0 Å². The number of amides is 2. The van der Waals surface area contributed by atoms with Gasteiger partial charge < -0.3 is 14.6 Å². The molecule has 2 amide bonds. The summed E-state index contributed by atoms with van der Waals surface area (Å²) in [5.74, 6) is -0.519. The standard InChI is InChI=1S/C12H13N3O5/c1-6-10(7(2)16)11(13-12(17)14(6)3)8-4-5-9(20-8)15(18)19/h4-5,11H,1-3H3,(H,13,17)/t11-/m1/s1. The van der Waals surface area contributed by atoms with Crippen LogP contribution in [0.1, 0.15) is 25.6 Å². The van der Waals surface area contributed by atoms with Crippen LogP contribution in [0.4, 0.5) is 10.7 Å². The van der Waals surface area contributed by atoms with Gasteiger partial charge in [-0.3, -0.25) is 14.9 Å². The summed E-state index contributed by atoms with van der Waals surface area (Å²) in [5.41, 5.74) is 0.835. The number of carbonyl (C=O) groups excluding carboxylic acids is 2. The first-order valence-corrected chi connectivity index (χ1v) is 5.83. The Labute approximate surface area is 114 Å². The van der Waals surface area contributed by atoms with Crippen molar-refractivity contribution in [2.24, 2.45) is 0 Å². The number of carbonyl (C=O) groups is 2. The number of allylic oxidation sites excluding steroid dienone is 1. The second kappa shape index (κ2) is 4.80. The molecule has 0 fully saturated rings. The summed E-state index contributed by atoms with van der Waals surface area (Å²) >= 11 is 0. The molecule has 0 spiro atoms. The highest BCUT2D eigenvalue weighted by molar-refractivity contribution is 5.98. The van der Waals surface area contributed by atoms with Gasteiger partial charge in [-0.2, -0.15) is 0 Å². The largest absolute Gasteiger partial charge is 0.433 e. The third kappa shape index (κ3) is 2.15. The Morgan fingerprint density at radius 3 is 2.65 bits per heavy atom. The SMILES string of the molecule is CC(=O)C1=C(C)N(C)C(=O)N[C@@H]1c1ccc([N+](=O)[O-])o1. The molecule has 8 nitrogen and oxygen atoms in total. The lowest BCUT2D eigenvalue weighted by molar-refractivity contribution is -0.402. The highest BCUT2D eigenvalue weighted by atomic mass is 16.6. The van der Waals surface area contributed by atoms with Gasteiger partial charge in [-0.15, -0.1) is 0 Å². The molecule has 2 heterocycles. The zero-order valence-corrected chi connectivity index (χ0v) is 11.2. The summed E-state index contributed by atoms with van der Waals surface area (Å²) in [7, 11) is 1.54. The van der Waals surface area contributed by atoms with E-state index in [1.807, 2.05) is 0 Å². The minimum Gasteiger partial charge on any atom is -0.403 e. The topological polar surface area (TPSA) is 106 Å². The average Bonchev–Trinajstić information content (AvgIpc) is 2.84. The number of furan rings is 1. The second-order valence-corrected chi connectivity index (χ2v) is 4.43. The van der Waals surface area contributed by atoms with Gasteiger partial charge in [0.05, 0.1) is 6.07 Å². The fourth-order valence-corrected chi connectivity index (χ4v) is 2.10. The van der Waals surface area contributed by atoms with Crippen LogP contribution in [-0.4, -0.2) is 28.7 Å². The number of hydrogen-bond acceptors (Lipinski definition) is 5. The van der Waals surface area contributed by atoms with Crippen LogP contribution in [0.15, 0.2) is 27.8 Å². The number of nitrogens with zero attached hydrogens (tertiary/aromatic N) is 2. The Kier molecular flexibility index (Phi) is 3.31. The fraction of sp³-hybridized carbons (Fsp3) is 0.333. The molecule has 0 saturated heterocycles. The number of nitrogens with one attached hydrogen (secondary N) is 1. The first kappa shape index (κ1) is 13.8. The molecule has 1 aliphatic heterocycles. The van der Waals surface area contributed by atoms with Crippen LogP contribution in [0.3, 0.4) is 0 Å². The van der Waals surface area contributed by atoms with Gasteiger partial charge in [-0.1, -0.05) is 0 Å². The molecule has 1 aliphatic rings. The molecule has 20 heavy (non-hydrogen) atoms. The van der Waals surface area contributed by atoms with Crippen LogP contribution in [-0.2, 0) is 4.79 Å². The van der Waals surface area contributed by atoms with Crippen LogP contribution in [0.2, 0.25) is 0 Å². The lowest BCUT2D eigenvalue weighted by Gasteiger charge is -2.31. The highest BCUT2D eigenvalue weighted by Crippen LogP contribution is 2.32. The monoisotopic (exact) mass is 279 g/mol. The molecule has 0 bridgehead atoms. The van der Waals surface area contributed by atoms with Crippen LogP contribution in [0.25, 0.3) is 0 Å². The first-order valence-electron chi connectivity index (χ1n) is 5.83. The molecular formula is C12H13N3O5. The highest BCUT2D eigenvalue weighted by Gasteiger charge is 2.34. The van der Waals surface area contributed by atoms with Gasteiger partial charge in [0.15, 0.2) is 5.78 Å². The van der Waals surface area contributed by atoms with Crippen molar-refractivity contribution in [3.63, 3.8) is 0 Å². The smallest absolute Gasteiger partial charge is 0.403 e.